The molecular formula is C13H22BrNOSn. The summed E-state index contributed by atoms with van der Waals surface area (Å²) in [5.41, 5.74) is 7.29. The van der Waals surface area contributed by atoms with E-state index in [9.17, 15) is 0 Å². The molecule has 17 heavy (non-hydrogen) atoms. The molecule has 0 aromatic heterocycles. The number of nitrogens with two attached hydrogens (primary N) is 1. The monoisotopic (exact) mass is 407 g/mol. The first-order valence-electron chi connectivity index (χ1n) is 6.23. The van der Waals surface area contributed by atoms with E-state index in [1.165, 1.54) is 9.14 Å². The molecule has 0 aliphatic carbocycles. The molecular weight excluding hydrogens is 385 g/mol. The third-order valence-corrected chi connectivity index (χ3v) is 19.1. The van der Waals surface area contributed by atoms with Gasteiger partial charge in [-0.05, 0) is 0 Å². The fourth-order valence-corrected chi connectivity index (χ4v) is 12.1. The van der Waals surface area contributed by atoms with E-state index in [0.717, 1.165) is 17.5 Å². The molecule has 2 unspecified atom stereocenters. The van der Waals surface area contributed by atoms with Gasteiger partial charge in [0.15, 0.2) is 0 Å². The van der Waals surface area contributed by atoms with Gasteiger partial charge in [0.1, 0.15) is 0 Å². The Hall–Kier alpha value is 0.419. The molecule has 1 rings (SSSR count). The van der Waals surface area contributed by atoms with Crippen LogP contribution >= 0.6 is 12.7 Å². The van der Waals surface area contributed by atoms with Crippen molar-refractivity contribution in [3.8, 4) is 0 Å². The Morgan fingerprint density at radius 3 is 2.53 bits per heavy atom. The number of rotatable bonds is 6. The third-order valence-electron chi connectivity index (χ3n) is 2.84. The van der Waals surface area contributed by atoms with Crippen molar-refractivity contribution >= 4 is 32.9 Å². The fourth-order valence-electron chi connectivity index (χ4n) is 1.87. The number of halogens is 1. The van der Waals surface area contributed by atoms with Gasteiger partial charge in [-0.2, -0.15) is 0 Å². The zero-order valence-electron chi connectivity index (χ0n) is 10.9. The normalized spacial score (nSPS) is 16.5. The Kier molecular flexibility index (Phi) is 6.48. The molecule has 0 fully saturated rings. The van der Waals surface area contributed by atoms with E-state index >= 15 is 0 Å². The van der Waals surface area contributed by atoms with E-state index in [1.807, 2.05) is 6.92 Å². The van der Waals surface area contributed by atoms with Gasteiger partial charge in [-0.25, -0.2) is 0 Å². The van der Waals surface area contributed by atoms with Crippen LogP contribution in [0.3, 0.4) is 0 Å². The van der Waals surface area contributed by atoms with Gasteiger partial charge in [-0.1, -0.05) is 0 Å². The molecule has 2 N–H and O–H groups in total. The Balaban J connectivity index is 3.10. The summed E-state index contributed by atoms with van der Waals surface area (Å²) in [5.74, 6) is 0. The van der Waals surface area contributed by atoms with Crippen molar-refractivity contribution in [2.24, 2.45) is 5.73 Å². The molecule has 0 heterocycles. The molecule has 96 valence electrons. The fraction of sp³-hybridized carbons (Fsp3) is 0.538. The Labute approximate surface area is 115 Å². The molecule has 4 heteroatoms. The molecule has 0 aliphatic heterocycles. The maximum atomic E-state index is 6.18. The zero-order valence-corrected chi connectivity index (χ0v) is 15.3. The first kappa shape index (κ1) is 15.5. The summed E-state index contributed by atoms with van der Waals surface area (Å²) >= 11 is 1.14. The van der Waals surface area contributed by atoms with E-state index in [2.05, 4.69) is 50.8 Å². The van der Waals surface area contributed by atoms with Crippen LogP contribution < -0.4 is 9.31 Å². The first-order chi connectivity index (χ1) is 8.05. The van der Waals surface area contributed by atoms with Gasteiger partial charge in [0, 0.05) is 0 Å². The number of hydrogen-bond acceptors (Lipinski definition) is 2. The third kappa shape index (κ3) is 3.94. The van der Waals surface area contributed by atoms with Crippen LogP contribution in [-0.4, -0.2) is 23.2 Å². The second-order valence-corrected chi connectivity index (χ2v) is 21.4. The summed E-state index contributed by atoms with van der Waals surface area (Å²) in [7, 11) is 0. The van der Waals surface area contributed by atoms with Crippen molar-refractivity contribution in [3.63, 3.8) is 0 Å². The average Bonchev–Trinajstić information content (AvgIpc) is 2.36. The van der Waals surface area contributed by atoms with Crippen molar-refractivity contribution in [2.75, 3.05) is 6.61 Å². The summed E-state index contributed by atoms with van der Waals surface area (Å²) in [6, 6.07) is 8.51. The SMILES string of the molecule is CCC[O][Sn]([Br])([CH2]C)[c]1ccccc1C(C)N. The van der Waals surface area contributed by atoms with Gasteiger partial charge in [0.05, 0.1) is 0 Å². The molecule has 0 saturated heterocycles. The quantitative estimate of drug-likeness (QED) is 0.736. The standard InChI is InChI=1S/C8H10N.C3H7O.C2H5.BrH.Sn/c1-7(9)8-5-3-2-4-6-8;1-2-3-4;1-2;;/h2-5,7H,9H2,1H3;2-3H2,1H3;1H2,2H3;1H;/q;-1;;;+2/p-1. The van der Waals surface area contributed by atoms with Crippen molar-refractivity contribution < 1.29 is 3.07 Å². The molecule has 0 bridgehead atoms. The average molecular weight is 407 g/mol. The molecule has 0 amide bonds. The second-order valence-electron chi connectivity index (χ2n) is 4.31. The van der Waals surface area contributed by atoms with E-state index in [4.69, 9.17) is 8.81 Å². The van der Waals surface area contributed by atoms with Crippen LogP contribution in [0.5, 0.6) is 0 Å². The molecule has 2 atom stereocenters. The minimum absolute atomic E-state index is 0.0663. The predicted molar refractivity (Wildman–Crippen MR) is 80.1 cm³/mol. The van der Waals surface area contributed by atoms with Crippen LogP contribution in [0.1, 0.15) is 38.8 Å². The zero-order chi connectivity index (χ0) is 12.9. The van der Waals surface area contributed by atoms with Crippen LogP contribution in [0.2, 0.25) is 4.44 Å². The van der Waals surface area contributed by atoms with Gasteiger partial charge in [0.25, 0.3) is 0 Å². The summed E-state index contributed by atoms with van der Waals surface area (Å²) in [6.07, 6.45) is 1.06. The Morgan fingerprint density at radius 2 is 2.00 bits per heavy atom. The van der Waals surface area contributed by atoms with Gasteiger partial charge in [-0.15, -0.1) is 0 Å². The molecule has 0 saturated carbocycles. The molecule has 0 spiro atoms. The topological polar surface area (TPSA) is 35.2 Å². The van der Waals surface area contributed by atoms with Gasteiger partial charge >= 0.3 is 116 Å². The van der Waals surface area contributed by atoms with Crippen LogP contribution in [0, 0.1) is 0 Å². The Bertz CT molecular complexity index is 359. The van der Waals surface area contributed by atoms with Gasteiger partial charge < -0.3 is 0 Å². The number of hydrogen-bond donors (Lipinski definition) is 1. The molecule has 2 nitrogen and oxygen atoms in total. The summed E-state index contributed by atoms with van der Waals surface area (Å²) < 4.78 is 8.61. The van der Waals surface area contributed by atoms with Crippen LogP contribution in [0.15, 0.2) is 24.3 Å². The van der Waals surface area contributed by atoms with E-state index in [-0.39, 0.29) is 6.04 Å². The van der Waals surface area contributed by atoms with Gasteiger partial charge in [-0.3, -0.25) is 0 Å². The van der Waals surface area contributed by atoms with Crippen LogP contribution in [0.25, 0.3) is 0 Å². The van der Waals surface area contributed by atoms with Crippen LogP contribution in [0.4, 0.5) is 0 Å². The summed E-state index contributed by atoms with van der Waals surface area (Å²) in [5, 5.41) is 0. The van der Waals surface area contributed by atoms with Crippen molar-refractivity contribution in [1.29, 1.82) is 0 Å². The van der Waals surface area contributed by atoms with Crippen molar-refractivity contribution in [2.45, 2.75) is 37.7 Å². The predicted octanol–water partition coefficient (Wildman–Crippen LogP) is 3.20. The second kappa shape index (κ2) is 7.12. The summed E-state index contributed by atoms with van der Waals surface area (Å²) in [4.78, 5) is 0. The molecule has 1 aromatic carbocycles. The Morgan fingerprint density at radius 1 is 1.35 bits per heavy atom. The van der Waals surface area contributed by atoms with E-state index < -0.39 is 16.6 Å². The number of benzene rings is 1. The summed E-state index contributed by atoms with van der Waals surface area (Å²) in [6.45, 7) is 7.22. The van der Waals surface area contributed by atoms with E-state index in [0.29, 0.717) is 0 Å². The minimum atomic E-state index is -2.81. The molecule has 0 radical (unpaired) electrons. The van der Waals surface area contributed by atoms with Crippen LogP contribution in [-0.2, 0) is 3.07 Å². The van der Waals surface area contributed by atoms with Crippen molar-refractivity contribution in [1.82, 2.24) is 0 Å². The molecule has 0 aliphatic rings. The first-order valence-corrected chi connectivity index (χ1v) is 17.2. The molecule has 1 aromatic rings. The van der Waals surface area contributed by atoms with Gasteiger partial charge in [0.2, 0.25) is 0 Å². The van der Waals surface area contributed by atoms with E-state index in [1.54, 1.807) is 0 Å². The maximum absolute atomic E-state index is 6.18. The van der Waals surface area contributed by atoms with Crippen molar-refractivity contribution in [3.05, 3.63) is 29.8 Å².